The number of methoxy groups -OCH3 is 2. The number of hydrogen-bond acceptors (Lipinski definition) is 4. The second-order valence-corrected chi connectivity index (χ2v) is 6.13. The van der Waals surface area contributed by atoms with Crippen LogP contribution < -0.4 is 10.1 Å². The Morgan fingerprint density at radius 2 is 1.89 bits per heavy atom. The van der Waals surface area contributed by atoms with Crippen molar-refractivity contribution in [3.63, 3.8) is 0 Å². The Morgan fingerprint density at radius 1 is 1.07 bits per heavy atom. The van der Waals surface area contributed by atoms with E-state index in [1.807, 2.05) is 48.5 Å². The standard InChI is InChI=1S/C21H22N2O4/c1-26-16-7-5-6-15(12-16)10-11-22-20(24)14-23-13-18(21(25)27-2)17-8-3-4-9-19(17)23/h3-9,12-13H,10-11,14H2,1-2H3,(H,22,24). The maximum absolute atomic E-state index is 12.3. The first-order valence-corrected chi connectivity index (χ1v) is 8.68. The third-order valence-electron chi connectivity index (χ3n) is 4.38. The number of rotatable bonds is 7. The lowest BCUT2D eigenvalue weighted by Gasteiger charge is -2.08. The van der Waals surface area contributed by atoms with Crippen LogP contribution >= 0.6 is 0 Å². The molecule has 0 aliphatic carbocycles. The Bertz CT molecular complexity index is 962. The van der Waals surface area contributed by atoms with Crippen LogP contribution in [0.1, 0.15) is 15.9 Å². The molecule has 27 heavy (non-hydrogen) atoms. The van der Waals surface area contributed by atoms with Crippen LogP contribution in [-0.2, 0) is 22.5 Å². The molecular weight excluding hydrogens is 344 g/mol. The SMILES string of the molecule is COC(=O)c1cn(CC(=O)NCCc2cccc(OC)c2)c2ccccc12. The minimum atomic E-state index is -0.414. The highest BCUT2D eigenvalue weighted by Crippen LogP contribution is 2.22. The third-order valence-corrected chi connectivity index (χ3v) is 4.38. The van der Waals surface area contributed by atoms with Gasteiger partial charge in [-0.25, -0.2) is 4.79 Å². The van der Waals surface area contributed by atoms with Gasteiger partial charge in [-0.05, 0) is 30.2 Å². The van der Waals surface area contributed by atoms with Crippen molar-refractivity contribution in [1.82, 2.24) is 9.88 Å². The fourth-order valence-corrected chi connectivity index (χ4v) is 3.04. The summed E-state index contributed by atoms with van der Waals surface area (Å²) in [6.45, 7) is 0.657. The average Bonchev–Trinajstić information content (AvgIpc) is 3.06. The first-order chi connectivity index (χ1) is 13.1. The maximum atomic E-state index is 12.3. The molecule has 1 amide bonds. The molecule has 140 valence electrons. The zero-order valence-corrected chi connectivity index (χ0v) is 15.4. The first-order valence-electron chi connectivity index (χ1n) is 8.68. The minimum absolute atomic E-state index is 0.116. The minimum Gasteiger partial charge on any atom is -0.497 e. The molecule has 3 aromatic rings. The molecule has 1 N–H and O–H groups in total. The van der Waals surface area contributed by atoms with Crippen LogP contribution in [0.25, 0.3) is 10.9 Å². The molecule has 0 saturated heterocycles. The van der Waals surface area contributed by atoms with Crippen molar-refractivity contribution >= 4 is 22.8 Å². The Balaban J connectivity index is 1.65. The summed E-state index contributed by atoms with van der Waals surface area (Å²) in [4.78, 5) is 24.3. The molecule has 0 spiro atoms. The zero-order chi connectivity index (χ0) is 19.2. The lowest BCUT2D eigenvalue weighted by Crippen LogP contribution is -2.29. The Hall–Kier alpha value is -3.28. The van der Waals surface area contributed by atoms with Gasteiger partial charge >= 0.3 is 5.97 Å². The monoisotopic (exact) mass is 366 g/mol. The van der Waals surface area contributed by atoms with Crippen LogP contribution in [0.3, 0.4) is 0 Å². The van der Waals surface area contributed by atoms with Gasteiger partial charge in [0, 0.05) is 23.6 Å². The normalized spacial score (nSPS) is 10.6. The van der Waals surface area contributed by atoms with Gasteiger partial charge in [-0.3, -0.25) is 4.79 Å². The molecule has 6 heteroatoms. The number of carbonyl (C=O) groups is 2. The van der Waals surface area contributed by atoms with Gasteiger partial charge in [0.1, 0.15) is 12.3 Å². The van der Waals surface area contributed by atoms with Crippen molar-refractivity contribution in [2.75, 3.05) is 20.8 Å². The quantitative estimate of drug-likeness (QED) is 0.653. The fourth-order valence-electron chi connectivity index (χ4n) is 3.04. The van der Waals surface area contributed by atoms with Gasteiger partial charge in [0.05, 0.1) is 19.8 Å². The van der Waals surface area contributed by atoms with Gasteiger partial charge < -0.3 is 19.4 Å². The summed E-state index contributed by atoms with van der Waals surface area (Å²) in [5.74, 6) is 0.270. The summed E-state index contributed by atoms with van der Waals surface area (Å²) in [6.07, 6.45) is 2.38. The molecule has 0 aliphatic heterocycles. The smallest absolute Gasteiger partial charge is 0.340 e. The van der Waals surface area contributed by atoms with E-state index in [2.05, 4.69) is 5.32 Å². The van der Waals surface area contributed by atoms with Gasteiger partial charge in [0.2, 0.25) is 5.91 Å². The summed E-state index contributed by atoms with van der Waals surface area (Å²) >= 11 is 0. The fraction of sp³-hybridized carbons (Fsp3) is 0.238. The van der Waals surface area contributed by atoms with Crippen molar-refractivity contribution in [2.45, 2.75) is 13.0 Å². The second kappa shape index (κ2) is 8.40. The molecule has 1 aromatic heterocycles. The lowest BCUT2D eigenvalue weighted by atomic mass is 10.1. The molecule has 0 saturated carbocycles. The number of aromatic nitrogens is 1. The Labute approximate surface area is 157 Å². The largest absolute Gasteiger partial charge is 0.497 e. The number of fused-ring (bicyclic) bond motifs is 1. The highest BCUT2D eigenvalue weighted by atomic mass is 16.5. The van der Waals surface area contributed by atoms with Crippen molar-refractivity contribution in [2.24, 2.45) is 0 Å². The van der Waals surface area contributed by atoms with Crippen LogP contribution in [0.2, 0.25) is 0 Å². The Kier molecular flexibility index (Phi) is 5.76. The lowest BCUT2D eigenvalue weighted by molar-refractivity contribution is -0.121. The molecule has 0 unspecified atom stereocenters. The van der Waals surface area contributed by atoms with E-state index in [-0.39, 0.29) is 12.5 Å². The highest BCUT2D eigenvalue weighted by molar-refractivity contribution is 6.04. The molecule has 0 radical (unpaired) electrons. The number of nitrogens with zero attached hydrogens (tertiary/aromatic N) is 1. The molecule has 0 bridgehead atoms. The molecule has 0 aliphatic rings. The van der Waals surface area contributed by atoms with Crippen LogP contribution in [0, 0.1) is 0 Å². The molecule has 0 atom stereocenters. The van der Waals surface area contributed by atoms with Crippen molar-refractivity contribution in [3.05, 3.63) is 65.9 Å². The second-order valence-electron chi connectivity index (χ2n) is 6.13. The number of amides is 1. The highest BCUT2D eigenvalue weighted by Gasteiger charge is 2.16. The van der Waals surface area contributed by atoms with Crippen LogP contribution in [-0.4, -0.2) is 37.2 Å². The predicted octanol–water partition coefficient (Wildman–Crippen LogP) is 2.80. The molecule has 3 rings (SSSR count). The van der Waals surface area contributed by atoms with Gasteiger partial charge in [0.25, 0.3) is 0 Å². The van der Waals surface area contributed by atoms with E-state index in [9.17, 15) is 9.59 Å². The third kappa shape index (κ3) is 4.28. The average molecular weight is 366 g/mol. The van der Waals surface area contributed by atoms with E-state index < -0.39 is 5.97 Å². The van der Waals surface area contributed by atoms with Crippen molar-refractivity contribution in [1.29, 1.82) is 0 Å². The van der Waals surface area contributed by atoms with Crippen LogP contribution in [0.15, 0.2) is 54.7 Å². The number of benzene rings is 2. The number of carbonyl (C=O) groups excluding carboxylic acids is 2. The predicted molar refractivity (Wildman–Crippen MR) is 103 cm³/mol. The summed E-state index contributed by atoms with van der Waals surface area (Å²) in [6, 6.07) is 15.2. The number of hydrogen-bond donors (Lipinski definition) is 1. The first kappa shape index (κ1) is 18.5. The van der Waals surface area contributed by atoms with Gasteiger partial charge in [-0.1, -0.05) is 30.3 Å². The molecule has 6 nitrogen and oxygen atoms in total. The van der Waals surface area contributed by atoms with Gasteiger partial charge in [0.15, 0.2) is 0 Å². The van der Waals surface area contributed by atoms with Gasteiger partial charge in [-0.2, -0.15) is 0 Å². The van der Waals surface area contributed by atoms with E-state index in [1.165, 1.54) is 7.11 Å². The van der Waals surface area contributed by atoms with E-state index in [4.69, 9.17) is 9.47 Å². The molecular formula is C21H22N2O4. The number of para-hydroxylation sites is 1. The van der Waals surface area contributed by atoms with E-state index in [0.29, 0.717) is 18.5 Å². The van der Waals surface area contributed by atoms with E-state index in [1.54, 1.807) is 17.9 Å². The van der Waals surface area contributed by atoms with Gasteiger partial charge in [-0.15, -0.1) is 0 Å². The summed E-state index contributed by atoms with van der Waals surface area (Å²) in [5.41, 5.74) is 2.37. The number of esters is 1. The topological polar surface area (TPSA) is 69.6 Å². The number of ether oxygens (including phenoxy) is 2. The van der Waals surface area contributed by atoms with Crippen LogP contribution in [0.4, 0.5) is 0 Å². The van der Waals surface area contributed by atoms with Crippen molar-refractivity contribution in [3.8, 4) is 5.75 Å². The summed E-state index contributed by atoms with van der Waals surface area (Å²) in [5, 5.41) is 3.69. The molecule has 0 fully saturated rings. The maximum Gasteiger partial charge on any atom is 0.340 e. The Morgan fingerprint density at radius 3 is 2.67 bits per heavy atom. The number of nitrogens with one attached hydrogen (secondary N) is 1. The van der Waals surface area contributed by atoms with Crippen molar-refractivity contribution < 1.29 is 19.1 Å². The molecule has 2 aromatic carbocycles. The van der Waals surface area contributed by atoms with E-state index >= 15 is 0 Å². The van der Waals surface area contributed by atoms with Crippen LogP contribution in [0.5, 0.6) is 5.75 Å². The van der Waals surface area contributed by atoms with E-state index in [0.717, 1.165) is 22.2 Å². The summed E-state index contributed by atoms with van der Waals surface area (Å²) in [7, 11) is 2.98. The zero-order valence-electron chi connectivity index (χ0n) is 15.4. The molecule has 1 heterocycles. The summed E-state index contributed by atoms with van der Waals surface area (Å²) < 4.78 is 11.8.